The second kappa shape index (κ2) is 4.76. The predicted molar refractivity (Wildman–Crippen MR) is 49.7 cm³/mol. The van der Waals surface area contributed by atoms with Gasteiger partial charge in [0.05, 0.1) is 0 Å². The van der Waals surface area contributed by atoms with Crippen LogP contribution in [-0.4, -0.2) is 12.6 Å². The lowest BCUT2D eigenvalue weighted by molar-refractivity contribution is 0.423. The van der Waals surface area contributed by atoms with E-state index in [2.05, 4.69) is 19.2 Å². The second-order valence-electron chi connectivity index (χ2n) is 3.82. The van der Waals surface area contributed by atoms with Crippen LogP contribution < -0.4 is 5.32 Å². The maximum Gasteiger partial charge on any atom is 0.00926 e. The summed E-state index contributed by atoms with van der Waals surface area (Å²) in [6.45, 7) is 5.85. The Labute approximate surface area is 70.6 Å². The van der Waals surface area contributed by atoms with Crippen LogP contribution in [0.1, 0.15) is 46.0 Å². The summed E-state index contributed by atoms with van der Waals surface area (Å²) in [6.07, 6.45) is 6.93. The fraction of sp³-hybridized carbons (Fsp3) is 1.00. The second-order valence-corrected chi connectivity index (χ2v) is 3.82. The predicted octanol–water partition coefficient (Wildman–Crippen LogP) is 2.56. The molecule has 0 radical (unpaired) electrons. The zero-order chi connectivity index (χ0) is 8.10. The van der Waals surface area contributed by atoms with Gasteiger partial charge in [0.1, 0.15) is 0 Å². The first-order valence-corrected chi connectivity index (χ1v) is 5.08. The molecule has 0 aliphatic heterocycles. The maximum absolute atomic E-state index is 3.63. The average molecular weight is 155 g/mol. The van der Waals surface area contributed by atoms with Crippen molar-refractivity contribution in [3.63, 3.8) is 0 Å². The van der Waals surface area contributed by atoms with Crippen LogP contribution in [0.3, 0.4) is 0 Å². The minimum atomic E-state index is 0.835. The third-order valence-corrected chi connectivity index (χ3v) is 2.80. The standard InChI is InChI=1S/C10H21N/c1-3-4-8-11-10-7-5-6-9(10)2/h9-11H,3-8H2,1-2H3/t9-,10?/m0/s1. The Morgan fingerprint density at radius 3 is 2.73 bits per heavy atom. The molecule has 0 amide bonds. The molecule has 0 aromatic carbocycles. The molecule has 1 heteroatoms. The van der Waals surface area contributed by atoms with Crippen LogP contribution in [-0.2, 0) is 0 Å². The van der Waals surface area contributed by atoms with E-state index in [1.807, 2.05) is 0 Å². The Bertz CT molecular complexity index is 101. The first-order chi connectivity index (χ1) is 5.34. The van der Waals surface area contributed by atoms with Crippen molar-refractivity contribution < 1.29 is 0 Å². The number of hydrogen-bond donors (Lipinski definition) is 1. The average Bonchev–Trinajstić information content (AvgIpc) is 2.37. The van der Waals surface area contributed by atoms with Gasteiger partial charge in [-0.15, -0.1) is 0 Å². The molecule has 1 aliphatic rings. The van der Waals surface area contributed by atoms with E-state index in [0.29, 0.717) is 0 Å². The van der Waals surface area contributed by atoms with Crippen molar-refractivity contribution in [2.45, 2.75) is 52.0 Å². The van der Waals surface area contributed by atoms with Crippen molar-refractivity contribution in [3.8, 4) is 0 Å². The highest BCUT2D eigenvalue weighted by Gasteiger charge is 2.21. The zero-order valence-electron chi connectivity index (χ0n) is 7.90. The van der Waals surface area contributed by atoms with Crippen LogP contribution in [0, 0.1) is 5.92 Å². The zero-order valence-corrected chi connectivity index (χ0v) is 7.90. The van der Waals surface area contributed by atoms with Crippen molar-refractivity contribution in [2.24, 2.45) is 5.92 Å². The van der Waals surface area contributed by atoms with Gasteiger partial charge in [-0.05, 0) is 31.7 Å². The fourth-order valence-electron chi connectivity index (χ4n) is 1.91. The SMILES string of the molecule is CCCCNC1CCC[C@@H]1C. The van der Waals surface area contributed by atoms with Crippen LogP contribution in [0.2, 0.25) is 0 Å². The van der Waals surface area contributed by atoms with Gasteiger partial charge in [0.15, 0.2) is 0 Å². The molecule has 1 unspecified atom stereocenters. The molecule has 1 N–H and O–H groups in total. The van der Waals surface area contributed by atoms with Crippen LogP contribution >= 0.6 is 0 Å². The normalized spacial score (nSPS) is 31.1. The Morgan fingerprint density at radius 2 is 2.18 bits per heavy atom. The quantitative estimate of drug-likeness (QED) is 0.615. The maximum atomic E-state index is 3.63. The van der Waals surface area contributed by atoms with Gasteiger partial charge in [0, 0.05) is 6.04 Å². The first kappa shape index (κ1) is 9.05. The summed E-state index contributed by atoms with van der Waals surface area (Å²) in [5.41, 5.74) is 0. The molecule has 2 atom stereocenters. The van der Waals surface area contributed by atoms with Crippen LogP contribution in [0.15, 0.2) is 0 Å². The molecule has 1 aliphatic carbocycles. The van der Waals surface area contributed by atoms with Crippen molar-refractivity contribution >= 4 is 0 Å². The van der Waals surface area contributed by atoms with Crippen molar-refractivity contribution in [3.05, 3.63) is 0 Å². The Kier molecular flexibility index (Phi) is 3.92. The highest BCUT2D eigenvalue weighted by atomic mass is 14.9. The number of hydrogen-bond acceptors (Lipinski definition) is 1. The lowest BCUT2D eigenvalue weighted by atomic mass is 10.1. The highest BCUT2D eigenvalue weighted by molar-refractivity contribution is 4.79. The lowest BCUT2D eigenvalue weighted by Crippen LogP contribution is -2.31. The molecule has 11 heavy (non-hydrogen) atoms. The third kappa shape index (κ3) is 2.82. The van der Waals surface area contributed by atoms with Crippen LogP contribution in [0.4, 0.5) is 0 Å². The third-order valence-electron chi connectivity index (χ3n) is 2.80. The Balaban J connectivity index is 2.05. The van der Waals surface area contributed by atoms with Gasteiger partial charge in [-0.2, -0.15) is 0 Å². The molecule has 1 nitrogen and oxygen atoms in total. The van der Waals surface area contributed by atoms with Gasteiger partial charge in [-0.1, -0.05) is 26.7 Å². The van der Waals surface area contributed by atoms with E-state index in [-0.39, 0.29) is 0 Å². The molecule has 0 bridgehead atoms. The van der Waals surface area contributed by atoms with E-state index in [4.69, 9.17) is 0 Å². The monoisotopic (exact) mass is 155 g/mol. The minimum Gasteiger partial charge on any atom is -0.314 e. The van der Waals surface area contributed by atoms with Gasteiger partial charge in [-0.25, -0.2) is 0 Å². The van der Waals surface area contributed by atoms with Gasteiger partial charge in [0.2, 0.25) is 0 Å². The van der Waals surface area contributed by atoms with E-state index >= 15 is 0 Å². The van der Waals surface area contributed by atoms with E-state index in [0.717, 1.165) is 12.0 Å². The van der Waals surface area contributed by atoms with Crippen molar-refractivity contribution in [1.82, 2.24) is 5.32 Å². The molecule has 0 aromatic rings. The summed E-state index contributed by atoms with van der Waals surface area (Å²) >= 11 is 0. The molecule has 0 heterocycles. The summed E-state index contributed by atoms with van der Waals surface area (Å²) < 4.78 is 0. The lowest BCUT2D eigenvalue weighted by Gasteiger charge is -2.16. The van der Waals surface area contributed by atoms with E-state index in [1.165, 1.54) is 38.6 Å². The fourth-order valence-corrected chi connectivity index (χ4v) is 1.91. The van der Waals surface area contributed by atoms with Gasteiger partial charge >= 0.3 is 0 Å². The van der Waals surface area contributed by atoms with Crippen LogP contribution in [0.25, 0.3) is 0 Å². The Morgan fingerprint density at radius 1 is 1.36 bits per heavy atom. The van der Waals surface area contributed by atoms with Crippen LogP contribution in [0.5, 0.6) is 0 Å². The number of nitrogens with one attached hydrogen (secondary N) is 1. The number of rotatable bonds is 4. The van der Waals surface area contributed by atoms with Crippen molar-refractivity contribution in [1.29, 1.82) is 0 Å². The summed E-state index contributed by atoms with van der Waals surface area (Å²) in [5, 5.41) is 3.63. The molecule has 1 saturated carbocycles. The molecule has 0 aromatic heterocycles. The van der Waals surface area contributed by atoms with E-state index < -0.39 is 0 Å². The molecule has 0 spiro atoms. The smallest absolute Gasteiger partial charge is 0.00926 e. The summed E-state index contributed by atoms with van der Waals surface area (Å²) in [5.74, 6) is 0.923. The van der Waals surface area contributed by atoms with Gasteiger partial charge < -0.3 is 5.32 Å². The molecule has 66 valence electrons. The molecular formula is C10H21N. The van der Waals surface area contributed by atoms with Gasteiger partial charge in [0.25, 0.3) is 0 Å². The largest absolute Gasteiger partial charge is 0.314 e. The minimum absolute atomic E-state index is 0.835. The molecule has 1 rings (SSSR count). The van der Waals surface area contributed by atoms with Gasteiger partial charge in [-0.3, -0.25) is 0 Å². The Hall–Kier alpha value is -0.0400. The summed E-state index contributed by atoms with van der Waals surface area (Å²) in [4.78, 5) is 0. The van der Waals surface area contributed by atoms with Crippen molar-refractivity contribution in [2.75, 3.05) is 6.54 Å². The highest BCUT2D eigenvalue weighted by Crippen LogP contribution is 2.24. The number of unbranched alkanes of at least 4 members (excludes halogenated alkanes) is 1. The van der Waals surface area contributed by atoms with E-state index in [9.17, 15) is 0 Å². The summed E-state index contributed by atoms with van der Waals surface area (Å²) in [6, 6.07) is 0.835. The first-order valence-electron chi connectivity index (χ1n) is 5.08. The molecular weight excluding hydrogens is 134 g/mol. The van der Waals surface area contributed by atoms with E-state index in [1.54, 1.807) is 0 Å². The summed E-state index contributed by atoms with van der Waals surface area (Å²) in [7, 11) is 0. The topological polar surface area (TPSA) is 12.0 Å². The molecule has 1 fully saturated rings. The molecule has 0 saturated heterocycles.